The summed E-state index contributed by atoms with van der Waals surface area (Å²) >= 11 is 0. The molecule has 1 unspecified atom stereocenters. The third kappa shape index (κ3) is 8.31. The Balaban J connectivity index is 1.36. The summed E-state index contributed by atoms with van der Waals surface area (Å²) in [6, 6.07) is 8.72. The van der Waals surface area contributed by atoms with Crippen LogP contribution in [0.1, 0.15) is 38.2 Å². The first-order valence-electron chi connectivity index (χ1n) is 11.9. The van der Waals surface area contributed by atoms with Crippen molar-refractivity contribution in [1.82, 2.24) is 10.6 Å². The second-order valence-electron chi connectivity index (χ2n) is 8.56. The monoisotopic (exact) mass is 432 g/mol. The Kier molecular flexibility index (Phi) is 10.4. The fourth-order valence-electron chi connectivity index (χ4n) is 4.04. The fraction of sp³-hybridized carbons (Fsp3) is 0.708. The molecular formula is C24H40N4O3. The third-order valence-electron chi connectivity index (χ3n) is 6.07. The van der Waals surface area contributed by atoms with Crippen molar-refractivity contribution in [2.24, 2.45) is 16.8 Å². The lowest BCUT2D eigenvalue weighted by Gasteiger charge is -2.32. The van der Waals surface area contributed by atoms with E-state index in [0.717, 1.165) is 84.2 Å². The molecule has 31 heavy (non-hydrogen) atoms. The Morgan fingerprint density at radius 1 is 1.16 bits per heavy atom. The SMILES string of the molecule is CCNC(=NCc1ccc(N2CCC(CO)CC2)cc1)NCCCOCC1CCOC1. The van der Waals surface area contributed by atoms with Gasteiger partial charge in [0, 0.05) is 57.6 Å². The molecule has 1 aromatic carbocycles. The molecule has 2 heterocycles. The highest BCUT2D eigenvalue weighted by atomic mass is 16.5. The van der Waals surface area contributed by atoms with Gasteiger partial charge in [-0.05, 0) is 56.2 Å². The number of guanidine groups is 1. The van der Waals surface area contributed by atoms with Gasteiger partial charge in [0.05, 0.1) is 19.8 Å². The Morgan fingerprint density at radius 3 is 2.65 bits per heavy atom. The van der Waals surface area contributed by atoms with Gasteiger partial charge in [0.1, 0.15) is 0 Å². The number of ether oxygens (including phenoxy) is 2. The number of aliphatic hydroxyl groups excluding tert-OH is 1. The van der Waals surface area contributed by atoms with E-state index in [0.29, 0.717) is 25.0 Å². The maximum atomic E-state index is 9.31. The maximum absolute atomic E-state index is 9.31. The van der Waals surface area contributed by atoms with Gasteiger partial charge in [-0.1, -0.05) is 12.1 Å². The molecule has 1 aromatic rings. The van der Waals surface area contributed by atoms with Crippen LogP contribution in [0.4, 0.5) is 5.69 Å². The first-order chi connectivity index (χ1) is 15.3. The predicted molar refractivity (Wildman–Crippen MR) is 126 cm³/mol. The standard InChI is InChI=1S/C24H40N4O3/c1-2-25-24(26-11-3-14-30-18-22-10-15-31-19-22)27-16-20-4-6-23(7-5-20)28-12-8-21(17-29)9-13-28/h4-7,21-22,29H,2-3,8-19H2,1H3,(H2,25,26,27). The minimum absolute atomic E-state index is 0.315. The summed E-state index contributed by atoms with van der Waals surface area (Å²) < 4.78 is 11.1. The molecule has 2 aliphatic heterocycles. The molecule has 0 radical (unpaired) electrons. The van der Waals surface area contributed by atoms with Crippen molar-refractivity contribution in [3.63, 3.8) is 0 Å². The number of nitrogens with one attached hydrogen (secondary N) is 2. The van der Waals surface area contributed by atoms with E-state index >= 15 is 0 Å². The van der Waals surface area contributed by atoms with E-state index in [1.165, 1.54) is 11.3 Å². The van der Waals surface area contributed by atoms with Crippen LogP contribution in [0, 0.1) is 11.8 Å². The van der Waals surface area contributed by atoms with Crippen molar-refractivity contribution in [2.45, 2.75) is 39.2 Å². The lowest BCUT2D eigenvalue weighted by molar-refractivity contribution is 0.0888. The molecule has 3 N–H and O–H groups in total. The van der Waals surface area contributed by atoms with Gasteiger partial charge in [-0.25, -0.2) is 4.99 Å². The number of aliphatic imine (C=N–C) groups is 1. The zero-order valence-electron chi connectivity index (χ0n) is 19.0. The van der Waals surface area contributed by atoms with Gasteiger partial charge in [0.25, 0.3) is 0 Å². The molecule has 7 heteroatoms. The van der Waals surface area contributed by atoms with Crippen LogP contribution in [0.5, 0.6) is 0 Å². The largest absolute Gasteiger partial charge is 0.396 e. The van der Waals surface area contributed by atoms with Crippen LogP contribution >= 0.6 is 0 Å². The van der Waals surface area contributed by atoms with Crippen LogP contribution in [0.2, 0.25) is 0 Å². The molecule has 2 aliphatic rings. The van der Waals surface area contributed by atoms with Gasteiger partial charge in [-0.2, -0.15) is 0 Å². The lowest BCUT2D eigenvalue weighted by Crippen LogP contribution is -2.38. The summed E-state index contributed by atoms with van der Waals surface area (Å²) in [6.45, 7) is 10.1. The highest BCUT2D eigenvalue weighted by molar-refractivity contribution is 5.79. The van der Waals surface area contributed by atoms with Crippen molar-refractivity contribution in [3.05, 3.63) is 29.8 Å². The number of piperidine rings is 1. The Hall–Kier alpha value is -1.83. The number of aliphatic hydroxyl groups is 1. The van der Waals surface area contributed by atoms with E-state index in [2.05, 4.69) is 46.7 Å². The predicted octanol–water partition coefficient (Wildman–Crippen LogP) is 2.39. The molecule has 1 atom stereocenters. The minimum Gasteiger partial charge on any atom is -0.396 e. The Morgan fingerprint density at radius 2 is 1.97 bits per heavy atom. The summed E-state index contributed by atoms with van der Waals surface area (Å²) in [7, 11) is 0. The highest BCUT2D eigenvalue weighted by Gasteiger charge is 2.18. The number of benzene rings is 1. The molecule has 0 aliphatic carbocycles. The van der Waals surface area contributed by atoms with E-state index in [4.69, 9.17) is 14.5 Å². The van der Waals surface area contributed by atoms with E-state index < -0.39 is 0 Å². The average molecular weight is 433 g/mol. The van der Waals surface area contributed by atoms with Gasteiger partial charge < -0.3 is 30.1 Å². The summed E-state index contributed by atoms with van der Waals surface area (Å²) in [5.41, 5.74) is 2.46. The molecule has 2 saturated heterocycles. The highest BCUT2D eigenvalue weighted by Crippen LogP contribution is 2.23. The molecule has 0 bridgehead atoms. The number of anilines is 1. The van der Waals surface area contributed by atoms with Crippen LogP contribution in [0.25, 0.3) is 0 Å². The zero-order valence-corrected chi connectivity index (χ0v) is 19.0. The van der Waals surface area contributed by atoms with Crippen LogP contribution in [-0.2, 0) is 16.0 Å². The quantitative estimate of drug-likeness (QED) is 0.283. The van der Waals surface area contributed by atoms with E-state index in [1.807, 2.05) is 0 Å². The number of hydrogen-bond acceptors (Lipinski definition) is 5. The summed E-state index contributed by atoms with van der Waals surface area (Å²) in [6.07, 6.45) is 4.22. The van der Waals surface area contributed by atoms with Crippen molar-refractivity contribution >= 4 is 11.6 Å². The van der Waals surface area contributed by atoms with Crippen molar-refractivity contribution in [1.29, 1.82) is 0 Å². The molecule has 0 aromatic heterocycles. The van der Waals surface area contributed by atoms with Gasteiger partial charge in [0.15, 0.2) is 5.96 Å². The van der Waals surface area contributed by atoms with Crippen molar-refractivity contribution in [2.75, 3.05) is 64.1 Å². The van der Waals surface area contributed by atoms with Gasteiger partial charge in [-0.3, -0.25) is 0 Å². The van der Waals surface area contributed by atoms with Gasteiger partial charge in [-0.15, -0.1) is 0 Å². The second kappa shape index (κ2) is 13.6. The first kappa shape index (κ1) is 23.8. The topological polar surface area (TPSA) is 78.4 Å². The normalized spacial score (nSPS) is 20.3. The molecule has 0 saturated carbocycles. The number of nitrogens with zero attached hydrogens (tertiary/aromatic N) is 2. The molecule has 174 valence electrons. The average Bonchev–Trinajstić information content (AvgIpc) is 3.33. The number of hydrogen-bond donors (Lipinski definition) is 3. The van der Waals surface area contributed by atoms with E-state index in [9.17, 15) is 5.11 Å². The van der Waals surface area contributed by atoms with Crippen LogP contribution in [-0.4, -0.2) is 70.3 Å². The Labute approximate surface area is 187 Å². The van der Waals surface area contributed by atoms with Crippen LogP contribution in [0.15, 0.2) is 29.3 Å². The van der Waals surface area contributed by atoms with Gasteiger partial charge >= 0.3 is 0 Å². The zero-order chi connectivity index (χ0) is 21.7. The minimum atomic E-state index is 0.315. The number of rotatable bonds is 11. The smallest absolute Gasteiger partial charge is 0.191 e. The van der Waals surface area contributed by atoms with Crippen LogP contribution in [0.3, 0.4) is 0 Å². The lowest BCUT2D eigenvalue weighted by atomic mass is 9.97. The van der Waals surface area contributed by atoms with E-state index in [1.54, 1.807) is 0 Å². The van der Waals surface area contributed by atoms with Crippen molar-refractivity contribution < 1.29 is 14.6 Å². The molecule has 2 fully saturated rings. The Bertz CT molecular complexity index is 639. The molecule has 7 nitrogen and oxygen atoms in total. The molecule has 0 spiro atoms. The summed E-state index contributed by atoms with van der Waals surface area (Å²) in [5.74, 6) is 1.89. The third-order valence-corrected chi connectivity index (χ3v) is 6.07. The van der Waals surface area contributed by atoms with E-state index in [-0.39, 0.29) is 0 Å². The second-order valence-corrected chi connectivity index (χ2v) is 8.56. The molecule has 3 rings (SSSR count). The van der Waals surface area contributed by atoms with Crippen molar-refractivity contribution in [3.8, 4) is 0 Å². The first-order valence-corrected chi connectivity index (χ1v) is 11.9. The molecular weight excluding hydrogens is 392 g/mol. The van der Waals surface area contributed by atoms with Gasteiger partial charge in [0.2, 0.25) is 0 Å². The fourth-order valence-corrected chi connectivity index (χ4v) is 4.04. The van der Waals surface area contributed by atoms with Crippen LogP contribution < -0.4 is 15.5 Å². The summed E-state index contributed by atoms with van der Waals surface area (Å²) in [5, 5.41) is 16.0. The summed E-state index contributed by atoms with van der Waals surface area (Å²) in [4.78, 5) is 7.13. The maximum Gasteiger partial charge on any atom is 0.191 e. The molecule has 0 amide bonds.